The molecule has 0 spiro atoms. The zero-order valence-electron chi connectivity index (χ0n) is 14.5. The number of hydrogen-bond acceptors (Lipinski definition) is 2. The van der Waals surface area contributed by atoms with E-state index in [1.807, 2.05) is 0 Å². The fraction of sp³-hybridized carbons (Fsp3) is 0.409. The molecule has 0 N–H and O–H groups in total. The molecule has 0 saturated heterocycles. The van der Waals surface area contributed by atoms with Gasteiger partial charge in [-0.05, 0) is 43.4 Å². The molecular formula is C22H25NO. The quantitative estimate of drug-likeness (QED) is 0.815. The maximum atomic E-state index is 13.3. The number of para-hydroxylation sites is 1. The van der Waals surface area contributed by atoms with Crippen molar-refractivity contribution in [2.24, 2.45) is 5.92 Å². The Morgan fingerprint density at radius 3 is 2.50 bits per heavy atom. The highest BCUT2D eigenvalue weighted by molar-refractivity contribution is 5.97. The fourth-order valence-corrected chi connectivity index (χ4v) is 4.84. The van der Waals surface area contributed by atoms with Gasteiger partial charge in [0.15, 0.2) is 0 Å². The standard InChI is InChI=1S/C22H25NO/c1-3-17-13-14-20-22(2,21(17)24)18-11-7-8-12-19(18)23(20)15-16-9-5-4-6-10-16/h4-12,17,20H,3,13-15H2,1-2H3/t17-,20+,22+/m0/s1. The first-order valence-corrected chi connectivity index (χ1v) is 9.10. The molecule has 2 aliphatic rings. The Hall–Kier alpha value is -2.09. The van der Waals surface area contributed by atoms with Crippen LogP contribution >= 0.6 is 0 Å². The summed E-state index contributed by atoms with van der Waals surface area (Å²) in [4.78, 5) is 15.8. The number of benzene rings is 2. The van der Waals surface area contributed by atoms with E-state index in [0.29, 0.717) is 5.78 Å². The molecular weight excluding hydrogens is 294 g/mol. The minimum Gasteiger partial charge on any atom is -0.363 e. The molecule has 1 aliphatic heterocycles. The Kier molecular flexibility index (Phi) is 3.71. The Morgan fingerprint density at radius 2 is 1.75 bits per heavy atom. The van der Waals surface area contributed by atoms with Gasteiger partial charge in [0.2, 0.25) is 0 Å². The van der Waals surface area contributed by atoms with Gasteiger partial charge in [0, 0.05) is 24.2 Å². The molecule has 124 valence electrons. The van der Waals surface area contributed by atoms with E-state index in [4.69, 9.17) is 0 Å². The lowest BCUT2D eigenvalue weighted by molar-refractivity contribution is -0.131. The second-order valence-corrected chi connectivity index (χ2v) is 7.40. The second kappa shape index (κ2) is 5.77. The van der Waals surface area contributed by atoms with E-state index in [1.54, 1.807) is 0 Å². The summed E-state index contributed by atoms with van der Waals surface area (Å²) in [6, 6.07) is 19.4. The zero-order chi connectivity index (χ0) is 16.7. The first kappa shape index (κ1) is 15.4. The minimum absolute atomic E-state index is 0.219. The molecule has 4 rings (SSSR count). The number of nitrogens with zero attached hydrogens (tertiary/aromatic N) is 1. The zero-order valence-corrected chi connectivity index (χ0v) is 14.5. The van der Waals surface area contributed by atoms with Crippen molar-refractivity contribution in [3.05, 3.63) is 65.7 Å². The van der Waals surface area contributed by atoms with Gasteiger partial charge in [-0.15, -0.1) is 0 Å². The maximum absolute atomic E-state index is 13.3. The van der Waals surface area contributed by atoms with Gasteiger partial charge in [-0.1, -0.05) is 55.5 Å². The first-order valence-electron chi connectivity index (χ1n) is 9.10. The van der Waals surface area contributed by atoms with E-state index in [1.165, 1.54) is 16.8 Å². The predicted molar refractivity (Wildman–Crippen MR) is 98.2 cm³/mol. The van der Waals surface area contributed by atoms with Crippen LogP contribution in [-0.2, 0) is 16.8 Å². The van der Waals surface area contributed by atoms with Crippen LogP contribution in [0, 0.1) is 5.92 Å². The number of ketones is 1. The van der Waals surface area contributed by atoms with Gasteiger partial charge >= 0.3 is 0 Å². The van der Waals surface area contributed by atoms with Crippen molar-refractivity contribution in [2.45, 2.75) is 51.1 Å². The van der Waals surface area contributed by atoms with Crippen LogP contribution in [0.2, 0.25) is 0 Å². The topological polar surface area (TPSA) is 20.3 Å². The number of anilines is 1. The highest BCUT2D eigenvalue weighted by Gasteiger charge is 2.55. The van der Waals surface area contributed by atoms with Crippen LogP contribution in [0.4, 0.5) is 5.69 Å². The molecule has 2 aromatic rings. The van der Waals surface area contributed by atoms with Crippen molar-refractivity contribution in [3.63, 3.8) is 0 Å². The number of Topliss-reactive ketones (excluding diaryl/α,β-unsaturated/α-hetero) is 1. The molecule has 0 amide bonds. The molecule has 1 aliphatic carbocycles. The van der Waals surface area contributed by atoms with Gasteiger partial charge < -0.3 is 4.90 Å². The lowest BCUT2D eigenvalue weighted by atomic mass is 9.64. The molecule has 1 heterocycles. The summed E-state index contributed by atoms with van der Waals surface area (Å²) in [5.41, 5.74) is 3.43. The molecule has 1 fully saturated rings. The number of carbonyl (C=O) groups excluding carboxylic acids is 1. The van der Waals surface area contributed by atoms with Crippen LogP contribution in [-0.4, -0.2) is 11.8 Å². The lowest BCUT2D eigenvalue weighted by Crippen LogP contribution is -2.53. The molecule has 3 atom stereocenters. The van der Waals surface area contributed by atoms with Gasteiger partial charge in [0.1, 0.15) is 5.78 Å². The Bertz CT molecular complexity index is 754. The van der Waals surface area contributed by atoms with E-state index in [2.05, 4.69) is 73.3 Å². The molecule has 24 heavy (non-hydrogen) atoms. The summed E-state index contributed by atoms with van der Waals surface area (Å²) in [5.74, 6) is 0.667. The average molecular weight is 319 g/mol. The Balaban J connectivity index is 1.78. The molecule has 2 heteroatoms. The number of rotatable bonds is 3. The number of fused-ring (bicyclic) bond motifs is 3. The average Bonchev–Trinajstić information content (AvgIpc) is 2.87. The van der Waals surface area contributed by atoms with Crippen LogP contribution in [0.1, 0.15) is 44.2 Å². The summed E-state index contributed by atoms with van der Waals surface area (Å²) in [7, 11) is 0. The molecule has 0 unspecified atom stereocenters. The van der Waals surface area contributed by atoms with Crippen molar-refractivity contribution in [3.8, 4) is 0 Å². The highest BCUT2D eigenvalue weighted by atomic mass is 16.1. The summed E-state index contributed by atoms with van der Waals surface area (Å²) < 4.78 is 0. The summed E-state index contributed by atoms with van der Waals surface area (Å²) >= 11 is 0. The first-order chi connectivity index (χ1) is 11.7. The Labute approximate surface area is 144 Å². The molecule has 0 bridgehead atoms. The minimum atomic E-state index is -0.357. The summed E-state index contributed by atoms with van der Waals surface area (Å²) in [5, 5.41) is 0. The third-order valence-corrected chi connectivity index (χ3v) is 6.18. The van der Waals surface area contributed by atoms with Crippen molar-refractivity contribution < 1.29 is 4.79 Å². The van der Waals surface area contributed by atoms with E-state index >= 15 is 0 Å². The lowest BCUT2D eigenvalue weighted by Gasteiger charge is -2.42. The highest BCUT2D eigenvalue weighted by Crippen LogP contribution is 2.52. The van der Waals surface area contributed by atoms with Crippen molar-refractivity contribution in [1.82, 2.24) is 0 Å². The largest absolute Gasteiger partial charge is 0.363 e. The maximum Gasteiger partial charge on any atom is 0.148 e. The predicted octanol–water partition coefficient (Wildman–Crippen LogP) is 4.72. The fourth-order valence-electron chi connectivity index (χ4n) is 4.84. The molecule has 2 nitrogen and oxygen atoms in total. The molecule has 2 aromatic carbocycles. The number of hydrogen-bond donors (Lipinski definition) is 0. The van der Waals surface area contributed by atoms with Crippen LogP contribution < -0.4 is 4.90 Å². The van der Waals surface area contributed by atoms with Gasteiger partial charge in [0.25, 0.3) is 0 Å². The van der Waals surface area contributed by atoms with Gasteiger partial charge in [0.05, 0.1) is 5.41 Å². The van der Waals surface area contributed by atoms with Crippen LogP contribution in [0.5, 0.6) is 0 Å². The third-order valence-electron chi connectivity index (χ3n) is 6.18. The van der Waals surface area contributed by atoms with Crippen molar-refractivity contribution in [2.75, 3.05) is 4.90 Å². The van der Waals surface area contributed by atoms with E-state index in [-0.39, 0.29) is 17.4 Å². The second-order valence-electron chi connectivity index (χ2n) is 7.40. The van der Waals surface area contributed by atoms with Gasteiger partial charge in [-0.25, -0.2) is 0 Å². The van der Waals surface area contributed by atoms with Crippen LogP contribution in [0.3, 0.4) is 0 Å². The molecule has 0 radical (unpaired) electrons. The van der Waals surface area contributed by atoms with Crippen LogP contribution in [0.15, 0.2) is 54.6 Å². The molecule has 1 saturated carbocycles. The molecule has 0 aromatic heterocycles. The van der Waals surface area contributed by atoms with E-state index in [0.717, 1.165) is 25.8 Å². The SMILES string of the molecule is CC[C@H]1CC[C@H]2N(Cc3ccccc3)c3ccccc3[C@@]2(C)C1=O. The monoisotopic (exact) mass is 319 g/mol. The van der Waals surface area contributed by atoms with Gasteiger partial charge in [-0.3, -0.25) is 4.79 Å². The van der Waals surface area contributed by atoms with E-state index < -0.39 is 0 Å². The van der Waals surface area contributed by atoms with Gasteiger partial charge in [-0.2, -0.15) is 0 Å². The third kappa shape index (κ3) is 2.12. The normalized spacial score (nSPS) is 28.6. The number of carbonyl (C=O) groups is 1. The Morgan fingerprint density at radius 1 is 1.04 bits per heavy atom. The smallest absolute Gasteiger partial charge is 0.148 e. The van der Waals surface area contributed by atoms with Crippen molar-refractivity contribution in [1.29, 1.82) is 0 Å². The summed E-state index contributed by atoms with van der Waals surface area (Å²) in [6.45, 7) is 5.21. The van der Waals surface area contributed by atoms with Crippen LogP contribution in [0.25, 0.3) is 0 Å². The van der Waals surface area contributed by atoms with Crippen molar-refractivity contribution >= 4 is 11.5 Å². The summed E-state index contributed by atoms with van der Waals surface area (Å²) in [6.07, 6.45) is 3.08. The van der Waals surface area contributed by atoms with E-state index in [9.17, 15) is 4.79 Å².